The van der Waals surface area contributed by atoms with Crippen molar-refractivity contribution in [2.24, 2.45) is 7.05 Å². The van der Waals surface area contributed by atoms with Crippen LogP contribution in [0.1, 0.15) is 6.42 Å². The molecule has 2 aliphatic rings. The van der Waals surface area contributed by atoms with E-state index in [1.165, 1.54) is 12.5 Å². The molecule has 0 bridgehead atoms. The van der Waals surface area contributed by atoms with Gasteiger partial charge in [-0.15, -0.1) is 12.4 Å². The van der Waals surface area contributed by atoms with Crippen molar-refractivity contribution in [1.82, 2.24) is 29.4 Å². The molecule has 2 fully saturated rings. The topological polar surface area (TPSA) is 99.6 Å². The largest absolute Gasteiger partial charge is 0.340 e. The number of likely N-dealkylation sites (tertiary alicyclic amines) is 1. The zero-order valence-corrected chi connectivity index (χ0v) is 15.9. The normalized spacial score (nSPS) is 22.0. The Morgan fingerprint density at radius 1 is 1.36 bits per heavy atom. The minimum absolute atomic E-state index is 0. The van der Waals surface area contributed by atoms with Crippen LogP contribution in [0.25, 0.3) is 0 Å². The summed E-state index contributed by atoms with van der Waals surface area (Å²) in [6.07, 6.45) is 3.76. The van der Waals surface area contributed by atoms with Crippen LogP contribution in [0, 0.1) is 0 Å². The third kappa shape index (κ3) is 4.91. The lowest BCUT2D eigenvalue weighted by atomic mass is 10.2. The van der Waals surface area contributed by atoms with Crippen LogP contribution >= 0.6 is 12.4 Å². The summed E-state index contributed by atoms with van der Waals surface area (Å²) in [6.45, 7) is 5.08. The van der Waals surface area contributed by atoms with E-state index in [9.17, 15) is 13.2 Å². The number of carbonyl (C=O) groups is 1. The second kappa shape index (κ2) is 8.45. The number of nitrogens with zero attached hydrogens (tertiary/aromatic N) is 4. The van der Waals surface area contributed by atoms with Crippen molar-refractivity contribution >= 4 is 28.3 Å². The fraction of sp³-hybridized carbons (Fsp3) is 0.714. The fourth-order valence-corrected chi connectivity index (χ4v) is 4.14. The van der Waals surface area contributed by atoms with E-state index in [1.807, 2.05) is 0 Å². The number of carbonyl (C=O) groups excluding carboxylic acids is 1. The molecule has 2 aliphatic heterocycles. The van der Waals surface area contributed by atoms with E-state index in [2.05, 4.69) is 19.9 Å². The minimum Gasteiger partial charge on any atom is -0.340 e. The summed E-state index contributed by atoms with van der Waals surface area (Å²) < 4.78 is 28.1. The maximum Gasteiger partial charge on any atom is 0.260 e. The Balaban J connectivity index is 0.00000225. The van der Waals surface area contributed by atoms with Crippen molar-refractivity contribution < 1.29 is 13.2 Å². The number of rotatable bonds is 5. The van der Waals surface area contributed by atoms with E-state index in [4.69, 9.17) is 0 Å². The number of hydrogen-bond acceptors (Lipinski definition) is 6. The molecule has 0 spiro atoms. The molecule has 0 aromatic carbocycles. The number of hydrogen-bond donors (Lipinski definition) is 2. The molecule has 142 valence electrons. The molecule has 0 saturated carbocycles. The van der Waals surface area contributed by atoms with Crippen LogP contribution in [0.5, 0.6) is 0 Å². The van der Waals surface area contributed by atoms with Gasteiger partial charge in [0.05, 0.1) is 12.9 Å². The van der Waals surface area contributed by atoms with Crippen molar-refractivity contribution in [3.05, 3.63) is 12.5 Å². The lowest BCUT2D eigenvalue weighted by molar-refractivity contribution is -0.129. The Hall–Kier alpha value is -1.20. The molecule has 1 unspecified atom stereocenters. The van der Waals surface area contributed by atoms with Gasteiger partial charge in [-0.3, -0.25) is 9.69 Å². The van der Waals surface area contributed by atoms with Crippen LogP contribution in [-0.4, -0.2) is 85.5 Å². The monoisotopic (exact) mass is 392 g/mol. The third-order valence-corrected chi connectivity index (χ3v) is 5.84. The standard InChI is InChI=1S/C14H24N6O3S.ClH/c1-18-10-13(16-11-18)24(22,23)17-8-14(21)20-5-2-12(9-20)19-6-3-15-4-7-19;/h10-12,15,17H,2-9H2,1H3;1H. The van der Waals surface area contributed by atoms with E-state index in [-0.39, 0.29) is 29.9 Å². The van der Waals surface area contributed by atoms with Gasteiger partial charge >= 0.3 is 0 Å². The molecule has 1 aromatic rings. The van der Waals surface area contributed by atoms with E-state index in [0.29, 0.717) is 19.1 Å². The third-order valence-electron chi connectivity index (χ3n) is 4.55. The molecule has 2 saturated heterocycles. The SMILES string of the molecule is Cl.Cn1cnc(S(=O)(=O)NCC(=O)N2CCC(N3CCNCC3)C2)c1. The van der Waals surface area contributed by atoms with Gasteiger partial charge in [-0.2, -0.15) is 0 Å². The second-order valence-corrected chi connectivity index (χ2v) is 7.98. The van der Waals surface area contributed by atoms with Crippen molar-refractivity contribution in [3.63, 3.8) is 0 Å². The highest BCUT2D eigenvalue weighted by Crippen LogP contribution is 2.16. The lowest BCUT2D eigenvalue weighted by Gasteiger charge is -2.32. The van der Waals surface area contributed by atoms with Gasteiger partial charge in [0, 0.05) is 58.6 Å². The number of aryl methyl sites for hydroxylation is 1. The summed E-state index contributed by atoms with van der Waals surface area (Å²) >= 11 is 0. The number of nitrogens with one attached hydrogen (secondary N) is 2. The molecule has 0 aliphatic carbocycles. The molecule has 1 amide bonds. The van der Waals surface area contributed by atoms with E-state index in [1.54, 1.807) is 16.5 Å². The van der Waals surface area contributed by atoms with Crippen molar-refractivity contribution in [2.45, 2.75) is 17.5 Å². The molecule has 25 heavy (non-hydrogen) atoms. The molecule has 3 heterocycles. The quantitative estimate of drug-likeness (QED) is 0.641. The number of halogens is 1. The van der Waals surface area contributed by atoms with Gasteiger partial charge < -0.3 is 14.8 Å². The number of amides is 1. The predicted octanol–water partition coefficient (Wildman–Crippen LogP) is -1.37. The second-order valence-electron chi connectivity index (χ2n) is 6.27. The van der Waals surface area contributed by atoms with Gasteiger partial charge in [0.15, 0.2) is 5.03 Å². The highest BCUT2D eigenvalue weighted by Gasteiger charge is 2.31. The van der Waals surface area contributed by atoms with Crippen molar-refractivity contribution in [1.29, 1.82) is 0 Å². The first-order valence-electron chi connectivity index (χ1n) is 8.16. The molecular formula is C14H25ClN6O3S. The Morgan fingerprint density at radius 2 is 2.08 bits per heavy atom. The molecule has 11 heteroatoms. The van der Waals surface area contributed by atoms with Crippen molar-refractivity contribution in [3.8, 4) is 0 Å². The highest BCUT2D eigenvalue weighted by molar-refractivity contribution is 7.89. The van der Waals surface area contributed by atoms with E-state index >= 15 is 0 Å². The maximum absolute atomic E-state index is 12.3. The smallest absolute Gasteiger partial charge is 0.260 e. The van der Waals surface area contributed by atoms with Gasteiger partial charge in [-0.1, -0.05) is 0 Å². The number of imidazole rings is 1. The van der Waals surface area contributed by atoms with Gasteiger partial charge in [0.25, 0.3) is 10.0 Å². The first-order valence-corrected chi connectivity index (χ1v) is 9.64. The van der Waals surface area contributed by atoms with Gasteiger partial charge in [0.2, 0.25) is 5.91 Å². The van der Waals surface area contributed by atoms with Crippen LogP contribution in [0.15, 0.2) is 17.6 Å². The Kier molecular flexibility index (Phi) is 6.80. The average Bonchev–Trinajstić information content (AvgIpc) is 3.23. The summed E-state index contributed by atoms with van der Waals surface area (Å²) in [4.78, 5) is 20.3. The molecule has 0 radical (unpaired) electrons. The average molecular weight is 393 g/mol. The Morgan fingerprint density at radius 3 is 2.72 bits per heavy atom. The zero-order valence-electron chi connectivity index (χ0n) is 14.2. The van der Waals surface area contributed by atoms with Crippen LogP contribution in [0.4, 0.5) is 0 Å². The maximum atomic E-state index is 12.3. The van der Waals surface area contributed by atoms with E-state index < -0.39 is 10.0 Å². The minimum atomic E-state index is -3.75. The first kappa shape index (κ1) is 20.1. The number of aromatic nitrogens is 2. The summed E-state index contributed by atoms with van der Waals surface area (Å²) in [7, 11) is -2.05. The summed E-state index contributed by atoms with van der Waals surface area (Å²) in [5, 5.41) is 3.25. The number of sulfonamides is 1. The lowest BCUT2D eigenvalue weighted by Crippen LogP contribution is -2.49. The molecule has 1 aromatic heterocycles. The van der Waals surface area contributed by atoms with Crippen molar-refractivity contribution in [2.75, 3.05) is 45.8 Å². The Bertz CT molecular complexity index is 688. The molecular weight excluding hydrogens is 368 g/mol. The predicted molar refractivity (Wildman–Crippen MR) is 95.1 cm³/mol. The number of piperazine rings is 1. The first-order chi connectivity index (χ1) is 11.5. The molecule has 2 N–H and O–H groups in total. The highest BCUT2D eigenvalue weighted by atomic mass is 35.5. The van der Waals surface area contributed by atoms with Crippen LogP contribution in [0.2, 0.25) is 0 Å². The molecule has 1 atom stereocenters. The van der Waals surface area contributed by atoms with Crippen LogP contribution in [-0.2, 0) is 21.9 Å². The molecule has 3 rings (SSSR count). The van der Waals surface area contributed by atoms with E-state index in [0.717, 1.165) is 32.6 Å². The van der Waals surface area contributed by atoms with Crippen LogP contribution in [0.3, 0.4) is 0 Å². The fourth-order valence-electron chi connectivity index (χ4n) is 3.18. The Labute approximate surface area is 154 Å². The van der Waals surface area contributed by atoms with Crippen LogP contribution < -0.4 is 10.0 Å². The molecule has 9 nitrogen and oxygen atoms in total. The van der Waals surface area contributed by atoms with Gasteiger partial charge in [-0.05, 0) is 6.42 Å². The summed E-state index contributed by atoms with van der Waals surface area (Å²) in [5.74, 6) is -0.188. The van der Waals surface area contributed by atoms with Gasteiger partial charge in [-0.25, -0.2) is 18.1 Å². The zero-order chi connectivity index (χ0) is 17.2. The summed E-state index contributed by atoms with van der Waals surface area (Å²) in [6, 6.07) is 0.378. The van der Waals surface area contributed by atoms with Gasteiger partial charge in [0.1, 0.15) is 0 Å². The summed E-state index contributed by atoms with van der Waals surface area (Å²) in [5.41, 5.74) is 0.